The topological polar surface area (TPSA) is 67.2 Å². The average molecular weight is 254 g/mol. The predicted octanol–water partition coefficient (Wildman–Crippen LogP) is 1.94. The lowest BCUT2D eigenvalue weighted by Gasteiger charge is -2.02. The summed E-state index contributed by atoms with van der Waals surface area (Å²) < 4.78 is 0. The Morgan fingerprint density at radius 1 is 1.21 bits per heavy atom. The maximum absolute atomic E-state index is 11.9. The molecule has 2 aromatic rings. The summed E-state index contributed by atoms with van der Waals surface area (Å²) >= 11 is 0. The lowest BCUT2D eigenvalue weighted by Crippen LogP contribution is -2.20. The largest absolute Gasteiger partial charge is 0.271 e. The summed E-state index contributed by atoms with van der Waals surface area (Å²) in [6.07, 6.45) is 3.26. The number of hydrazone groups is 1. The molecule has 1 N–H and O–H groups in total. The fourth-order valence-corrected chi connectivity index (χ4v) is 1.52. The molecule has 0 fully saturated rings. The van der Waals surface area contributed by atoms with Gasteiger partial charge in [0.2, 0.25) is 0 Å². The van der Waals surface area contributed by atoms with E-state index in [0.29, 0.717) is 17.1 Å². The van der Waals surface area contributed by atoms with Crippen LogP contribution in [0.1, 0.15) is 28.7 Å². The van der Waals surface area contributed by atoms with E-state index in [2.05, 4.69) is 20.5 Å². The molecule has 5 nitrogen and oxygen atoms in total. The van der Waals surface area contributed by atoms with E-state index in [-0.39, 0.29) is 5.91 Å². The average Bonchev–Trinajstić information content (AvgIpc) is 2.45. The Bertz CT molecular complexity index is 608. The molecule has 0 aliphatic heterocycles. The van der Waals surface area contributed by atoms with Crippen molar-refractivity contribution in [2.45, 2.75) is 13.8 Å². The molecule has 2 rings (SSSR count). The zero-order valence-corrected chi connectivity index (χ0v) is 10.8. The molecule has 0 atom stereocenters. The highest BCUT2D eigenvalue weighted by molar-refractivity contribution is 5.98. The number of carbonyl (C=O) groups excluding carboxylic acids is 1. The third kappa shape index (κ3) is 3.45. The molecule has 0 aliphatic rings. The molecular formula is C14H14N4O. The van der Waals surface area contributed by atoms with Gasteiger partial charge in [0.05, 0.1) is 0 Å². The van der Waals surface area contributed by atoms with Gasteiger partial charge in [-0.1, -0.05) is 17.7 Å². The van der Waals surface area contributed by atoms with Gasteiger partial charge in [0.25, 0.3) is 5.91 Å². The Balaban J connectivity index is 2.08. The molecule has 19 heavy (non-hydrogen) atoms. The minimum absolute atomic E-state index is 0.251. The van der Waals surface area contributed by atoms with Crippen molar-refractivity contribution in [3.05, 3.63) is 59.7 Å². The third-order valence-electron chi connectivity index (χ3n) is 2.49. The zero-order chi connectivity index (χ0) is 13.7. The van der Waals surface area contributed by atoms with Crippen LogP contribution in [0.25, 0.3) is 0 Å². The maximum atomic E-state index is 11.9. The van der Waals surface area contributed by atoms with Gasteiger partial charge in [0.1, 0.15) is 5.71 Å². The van der Waals surface area contributed by atoms with Crippen LogP contribution in [0.4, 0.5) is 0 Å². The highest BCUT2D eigenvalue weighted by Gasteiger charge is 2.05. The van der Waals surface area contributed by atoms with Gasteiger partial charge >= 0.3 is 0 Å². The number of carbonyl (C=O) groups is 1. The van der Waals surface area contributed by atoms with Crippen molar-refractivity contribution in [1.29, 1.82) is 0 Å². The number of amides is 1. The number of benzene rings is 1. The molecule has 1 aromatic heterocycles. The van der Waals surface area contributed by atoms with E-state index >= 15 is 0 Å². The Hall–Kier alpha value is -2.56. The number of hydrogen-bond acceptors (Lipinski definition) is 4. The molecule has 0 spiro atoms. The third-order valence-corrected chi connectivity index (χ3v) is 2.49. The van der Waals surface area contributed by atoms with E-state index in [9.17, 15) is 4.79 Å². The summed E-state index contributed by atoms with van der Waals surface area (Å²) in [7, 11) is 0. The van der Waals surface area contributed by atoms with Crippen LogP contribution in [-0.2, 0) is 0 Å². The highest BCUT2D eigenvalue weighted by atomic mass is 16.2. The standard InChI is InChI=1S/C14H14N4O/c1-10-5-3-6-12(9-10)14(19)18-17-11(2)13-15-7-4-8-16-13/h3-9H,1-2H3,(H,18,19)/b17-11+. The number of hydrogen-bond donors (Lipinski definition) is 1. The van der Waals surface area contributed by atoms with Gasteiger partial charge in [-0.15, -0.1) is 0 Å². The fourth-order valence-electron chi connectivity index (χ4n) is 1.52. The SMILES string of the molecule is C/C(=N\NC(=O)c1cccc(C)c1)c1ncccn1. The Labute approximate surface area is 111 Å². The molecule has 0 saturated carbocycles. The molecule has 1 aromatic carbocycles. The summed E-state index contributed by atoms with van der Waals surface area (Å²) in [5.41, 5.74) is 4.65. The number of aromatic nitrogens is 2. The Morgan fingerprint density at radius 2 is 1.95 bits per heavy atom. The minimum Gasteiger partial charge on any atom is -0.267 e. The molecule has 1 heterocycles. The van der Waals surface area contributed by atoms with Crippen molar-refractivity contribution in [2.24, 2.45) is 5.10 Å². The molecule has 0 saturated heterocycles. The number of aryl methyl sites for hydroxylation is 1. The molecular weight excluding hydrogens is 240 g/mol. The first-order valence-corrected chi connectivity index (χ1v) is 5.85. The van der Waals surface area contributed by atoms with Crippen LogP contribution >= 0.6 is 0 Å². The molecule has 0 aliphatic carbocycles. The van der Waals surface area contributed by atoms with E-state index in [1.807, 2.05) is 19.1 Å². The van der Waals surface area contributed by atoms with Gasteiger partial charge in [-0.25, -0.2) is 15.4 Å². The first kappa shape index (κ1) is 12.9. The van der Waals surface area contributed by atoms with E-state index in [4.69, 9.17) is 0 Å². The van der Waals surface area contributed by atoms with Gasteiger partial charge < -0.3 is 0 Å². The maximum Gasteiger partial charge on any atom is 0.271 e. The zero-order valence-electron chi connectivity index (χ0n) is 10.8. The van der Waals surface area contributed by atoms with Crippen LogP contribution in [0.5, 0.6) is 0 Å². The lowest BCUT2D eigenvalue weighted by atomic mass is 10.1. The van der Waals surface area contributed by atoms with E-state index in [0.717, 1.165) is 5.56 Å². The predicted molar refractivity (Wildman–Crippen MR) is 72.9 cm³/mol. The molecule has 0 unspecified atom stereocenters. The number of nitrogens with zero attached hydrogens (tertiary/aromatic N) is 3. The van der Waals surface area contributed by atoms with Gasteiger partial charge in [0.15, 0.2) is 5.82 Å². The van der Waals surface area contributed by atoms with Crippen molar-refractivity contribution >= 4 is 11.6 Å². The minimum atomic E-state index is -0.251. The molecule has 1 amide bonds. The Kier molecular flexibility index (Phi) is 3.97. The normalized spacial score (nSPS) is 11.2. The first-order valence-electron chi connectivity index (χ1n) is 5.85. The van der Waals surface area contributed by atoms with Gasteiger partial charge in [-0.3, -0.25) is 4.79 Å². The van der Waals surface area contributed by atoms with E-state index in [1.165, 1.54) is 0 Å². The quantitative estimate of drug-likeness (QED) is 0.672. The van der Waals surface area contributed by atoms with Crippen LogP contribution in [0.2, 0.25) is 0 Å². The van der Waals surface area contributed by atoms with Crippen LogP contribution in [0.15, 0.2) is 47.8 Å². The second-order valence-electron chi connectivity index (χ2n) is 4.08. The second-order valence-corrected chi connectivity index (χ2v) is 4.08. The summed E-state index contributed by atoms with van der Waals surface area (Å²) in [5.74, 6) is 0.242. The number of rotatable bonds is 3. The molecule has 5 heteroatoms. The highest BCUT2D eigenvalue weighted by Crippen LogP contribution is 2.03. The number of nitrogens with one attached hydrogen (secondary N) is 1. The van der Waals surface area contributed by atoms with Crippen LogP contribution in [-0.4, -0.2) is 21.6 Å². The van der Waals surface area contributed by atoms with Gasteiger partial charge in [-0.05, 0) is 32.0 Å². The van der Waals surface area contributed by atoms with Crippen molar-refractivity contribution in [1.82, 2.24) is 15.4 Å². The fraction of sp³-hybridized carbons (Fsp3) is 0.143. The molecule has 0 bridgehead atoms. The van der Waals surface area contributed by atoms with E-state index in [1.54, 1.807) is 37.5 Å². The van der Waals surface area contributed by atoms with Crippen molar-refractivity contribution in [2.75, 3.05) is 0 Å². The smallest absolute Gasteiger partial charge is 0.267 e. The van der Waals surface area contributed by atoms with Crippen molar-refractivity contribution < 1.29 is 4.79 Å². The van der Waals surface area contributed by atoms with Gasteiger partial charge in [0, 0.05) is 18.0 Å². The van der Waals surface area contributed by atoms with E-state index < -0.39 is 0 Å². The first-order chi connectivity index (χ1) is 9.16. The Morgan fingerprint density at radius 3 is 2.63 bits per heavy atom. The lowest BCUT2D eigenvalue weighted by molar-refractivity contribution is 0.0954. The van der Waals surface area contributed by atoms with Crippen molar-refractivity contribution in [3.63, 3.8) is 0 Å². The van der Waals surface area contributed by atoms with Crippen LogP contribution in [0, 0.1) is 6.92 Å². The summed E-state index contributed by atoms with van der Waals surface area (Å²) in [5, 5.41) is 3.99. The second kappa shape index (κ2) is 5.86. The van der Waals surface area contributed by atoms with Crippen LogP contribution < -0.4 is 5.43 Å². The summed E-state index contributed by atoms with van der Waals surface area (Å²) in [6.45, 7) is 3.68. The molecule has 0 radical (unpaired) electrons. The van der Waals surface area contributed by atoms with Gasteiger partial charge in [-0.2, -0.15) is 5.10 Å². The monoisotopic (exact) mass is 254 g/mol. The van der Waals surface area contributed by atoms with Crippen LogP contribution in [0.3, 0.4) is 0 Å². The van der Waals surface area contributed by atoms with Crippen molar-refractivity contribution in [3.8, 4) is 0 Å². The molecule has 96 valence electrons. The summed E-state index contributed by atoms with van der Waals surface area (Å²) in [6, 6.07) is 9.04. The summed E-state index contributed by atoms with van der Waals surface area (Å²) in [4.78, 5) is 20.0.